The Hall–Kier alpha value is -2.19. The number of aryl methyl sites for hydroxylation is 1. The van der Waals surface area contributed by atoms with Gasteiger partial charge in [0.05, 0.1) is 11.2 Å². The van der Waals surface area contributed by atoms with Gasteiger partial charge in [0, 0.05) is 38.1 Å². The third kappa shape index (κ3) is 4.68. The van der Waals surface area contributed by atoms with Crippen LogP contribution in [0.2, 0.25) is 0 Å². The third-order valence-electron chi connectivity index (χ3n) is 2.93. The van der Waals surface area contributed by atoms with E-state index in [2.05, 4.69) is 15.0 Å². The van der Waals surface area contributed by atoms with E-state index in [-0.39, 0.29) is 10.8 Å². The molecule has 0 aliphatic carbocycles. The van der Waals surface area contributed by atoms with Crippen molar-refractivity contribution >= 4 is 21.6 Å². The average Bonchev–Trinajstić information content (AvgIpc) is 2.97. The lowest BCUT2D eigenvalue weighted by atomic mass is 10.3. The van der Waals surface area contributed by atoms with Gasteiger partial charge in [-0.15, -0.1) is 0 Å². The number of carbonyl (C=O) groups excluding carboxylic acids is 1. The van der Waals surface area contributed by atoms with Crippen LogP contribution in [0.3, 0.4) is 0 Å². The molecule has 1 aromatic heterocycles. The van der Waals surface area contributed by atoms with Crippen LogP contribution < -0.4 is 10.0 Å². The average molecular weight is 322 g/mol. The molecule has 0 spiro atoms. The molecule has 0 fully saturated rings. The van der Waals surface area contributed by atoms with Gasteiger partial charge < -0.3 is 9.88 Å². The molecule has 0 radical (unpaired) electrons. The van der Waals surface area contributed by atoms with Gasteiger partial charge in [0.25, 0.3) is 0 Å². The van der Waals surface area contributed by atoms with E-state index in [0.29, 0.717) is 25.2 Å². The van der Waals surface area contributed by atoms with Crippen LogP contribution in [0.4, 0.5) is 5.69 Å². The van der Waals surface area contributed by atoms with Gasteiger partial charge in [-0.05, 0) is 30.7 Å². The summed E-state index contributed by atoms with van der Waals surface area (Å²) in [6, 6.07) is 6.04. The van der Waals surface area contributed by atoms with Crippen molar-refractivity contribution in [2.24, 2.45) is 0 Å². The van der Waals surface area contributed by atoms with Crippen LogP contribution in [0, 0.1) is 0 Å². The molecular weight excluding hydrogens is 304 g/mol. The number of hydrogen-bond acceptors (Lipinski definition) is 4. The summed E-state index contributed by atoms with van der Waals surface area (Å²) in [4.78, 5) is 15.0. The fraction of sp³-hybridized carbons (Fsp3) is 0.286. The molecule has 0 atom stereocenters. The molecule has 2 N–H and O–H groups in total. The minimum Gasteiger partial charge on any atom is -0.337 e. The molecule has 0 bridgehead atoms. The van der Waals surface area contributed by atoms with E-state index in [1.165, 1.54) is 19.1 Å². The number of amides is 1. The van der Waals surface area contributed by atoms with Gasteiger partial charge in [-0.3, -0.25) is 4.79 Å². The van der Waals surface area contributed by atoms with Crippen molar-refractivity contribution in [3.8, 4) is 0 Å². The number of imidazole rings is 1. The van der Waals surface area contributed by atoms with Crippen LogP contribution in [0.1, 0.15) is 13.3 Å². The standard InChI is InChI=1S/C14H18N4O3S/c1-12(19)17-13-3-5-14(6-4-13)22(20,21)16-7-2-9-18-10-8-15-11-18/h3-6,8,10-11,16H,2,7,9H2,1H3,(H,17,19). The van der Waals surface area contributed by atoms with Gasteiger partial charge in [0.2, 0.25) is 15.9 Å². The Labute approximate surface area is 129 Å². The number of aromatic nitrogens is 2. The van der Waals surface area contributed by atoms with Crippen molar-refractivity contribution < 1.29 is 13.2 Å². The van der Waals surface area contributed by atoms with Gasteiger partial charge >= 0.3 is 0 Å². The van der Waals surface area contributed by atoms with Crippen molar-refractivity contribution in [2.75, 3.05) is 11.9 Å². The zero-order valence-electron chi connectivity index (χ0n) is 12.2. The topological polar surface area (TPSA) is 93.1 Å². The Morgan fingerprint density at radius 3 is 2.59 bits per heavy atom. The van der Waals surface area contributed by atoms with Crippen LogP contribution in [-0.4, -0.2) is 30.4 Å². The lowest BCUT2D eigenvalue weighted by Crippen LogP contribution is -2.25. The van der Waals surface area contributed by atoms with Gasteiger partial charge in [-0.2, -0.15) is 0 Å². The van der Waals surface area contributed by atoms with Gasteiger partial charge in [-0.25, -0.2) is 18.1 Å². The van der Waals surface area contributed by atoms with Crippen LogP contribution in [0.5, 0.6) is 0 Å². The fourth-order valence-electron chi connectivity index (χ4n) is 1.89. The Morgan fingerprint density at radius 2 is 2.00 bits per heavy atom. The summed E-state index contributed by atoms with van der Waals surface area (Å²) in [7, 11) is -3.53. The summed E-state index contributed by atoms with van der Waals surface area (Å²) >= 11 is 0. The summed E-state index contributed by atoms with van der Waals surface area (Å²) in [6.07, 6.45) is 5.87. The molecule has 7 nitrogen and oxygen atoms in total. The smallest absolute Gasteiger partial charge is 0.240 e. The highest BCUT2D eigenvalue weighted by atomic mass is 32.2. The molecule has 1 amide bonds. The molecular formula is C14H18N4O3S. The predicted octanol–water partition coefficient (Wildman–Crippen LogP) is 1.21. The van der Waals surface area contributed by atoms with E-state index in [0.717, 1.165) is 0 Å². The maximum Gasteiger partial charge on any atom is 0.240 e. The second kappa shape index (κ2) is 7.19. The third-order valence-corrected chi connectivity index (χ3v) is 4.41. The number of sulfonamides is 1. The minimum atomic E-state index is -3.53. The first-order chi connectivity index (χ1) is 10.5. The number of hydrogen-bond donors (Lipinski definition) is 2. The summed E-state index contributed by atoms with van der Waals surface area (Å²) in [5, 5.41) is 2.59. The number of nitrogens with zero attached hydrogens (tertiary/aromatic N) is 2. The molecule has 0 aliphatic rings. The number of nitrogens with one attached hydrogen (secondary N) is 2. The fourth-order valence-corrected chi connectivity index (χ4v) is 2.97. The quantitative estimate of drug-likeness (QED) is 0.749. The Balaban J connectivity index is 1.88. The van der Waals surface area contributed by atoms with Crippen LogP contribution in [0.15, 0.2) is 47.9 Å². The Bertz CT molecular complexity index is 709. The van der Waals surface area contributed by atoms with Crippen molar-refractivity contribution in [3.63, 3.8) is 0 Å². The molecule has 0 aliphatic heterocycles. The number of rotatable bonds is 7. The minimum absolute atomic E-state index is 0.171. The van der Waals surface area contributed by atoms with Crippen molar-refractivity contribution in [1.82, 2.24) is 14.3 Å². The maximum absolute atomic E-state index is 12.1. The number of benzene rings is 1. The summed E-state index contributed by atoms with van der Waals surface area (Å²) < 4.78 is 28.7. The van der Waals surface area contributed by atoms with Crippen LogP contribution in [-0.2, 0) is 21.4 Å². The lowest BCUT2D eigenvalue weighted by molar-refractivity contribution is -0.114. The largest absolute Gasteiger partial charge is 0.337 e. The van der Waals surface area contributed by atoms with E-state index in [1.54, 1.807) is 24.7 Å². The summed E-state index contributed by atoms with van der Waals surface area (Å²) in [6.45, 7) is 2.43. The van der Waals surface area contributed by atoms with Crippen molar-refractivity contribution in [2.45, 2.75) is 24.8 Å². The van der Waals surface area contributed by atoms with E-state index in [4.69, 9.17) is 0 Å². The first-order valence-corrected chi connectivity index (χ1v) is 8.29. The molecule has 0 saturated heterocycles. The van der Waals surface area contributed by atoms with E-state index >= 15 is 0 Å². The van der Waals surface area contributed by atoms with E-state index < -0.39 is 10.0 Å². The second-order valence-electron chi connectivity index (χ2n) is 4.76. The first-order valence-electron chi connectivity index (χ1n) is 6.80. The lowest BCUT2D eigenvalue weighted by Gasteiger charge is -2.08. The SMILES string of the molecule is CC(=O)Nc1ccc(S(=O)(=O)NCCCn2ccnc2)cc1. The molecule has 2 rings (SSSR count). The highest BCUT2D eigenvalue weighted by molar-refractivity contribution is 7.89. The molecule has 0 saturated carbocycles. The van der Waals surface area contributed by atoms with E-state index in [9.17, 15) is 13.2 Å². The monoisotopic (exact) mass is 322 g/mol. The molecule has 8 heteroatoms. The molecule has 0 unspecified atom stereocenters. The maximum atomic E-state index is 12.1. The van der Waals surface area contributed by atoms with Crippen LogP contribution >= 0.6 is 0 Å². The Morgan fingerprint density at radius 1 is 1.27 bits per heavy atom. The molecule has 1 aromatic carbocycles. The number of anilines is 1. The van der Waals surface area contributed by atoms with Gasteiger partial charge in [0.15, 0.2) is 0 Å². The van der Waals surface area contributed by atoms with Crippen molar-refractivity contribution in [1.29, 1.82) is 0 Å². The number of carbonyl (C=O) groups is 1. The predicted molar refractivity (Wildman–Crippen MR) is 82.8 cm³/mol. The van der Waals surface area contributed by atoms with Crippen LogP contribution in [0.25, 0.3) is 0 Å². The zero-order valence-corrected chi connectivity index (χ0v) is 13.0. The first kappa shape index (κ1) is 16.2. The summed E-state index contributed by atoms with van der Waals surface area (Å²) in [5.74, 6) is -0.201. The molecule has 118 valence electrons. The molecule has 1 heterocycles. The zero-order chi connectivity index (χ0) is 16.0. The second-order valence-corrected chi connectivity index (χ2v) is 6.52. The molecule has 22 heavy (non-hydrogen) atoms. The Kier molecular flexibility index (Phi) is 5.29. The van der Waals surface area contributed by atoms with Crippen molar-refractivity contribution in [3.05, 3.63) is 43.0 Å². The summed E-state index contributed by atoms with van der Waals surface area (Å²) in [5.41, 5.74) is 0.562. The molecule has 2 aromatic rings. The van der Waals surface area contributed by atoms with E-state index in [1.807, 2.05) is 10.8 Å². The highest BCUT2D eigenvalue weighted by Gasteiger charge is 2.13. The normalized spacial score (nSPS) is 11.3. The highest BCUT2D eigenvalue weighted by Crippen LogP contribution is 2.13. The van der Waals surface area contributed by atoms with Gasteiger partial charge in [-0.1, -0.05) is 0 Å². The van der Waals surface area contributed by atoms with Gasteiger partial charge in [0.1, 0.15) is 0 Å².